The van der Waals surface area contributed by atoms with E-state index in [0.29, 0.717) is 24.6 Å². The molecule has 0 saturated heterocycles. The Morgan fingerprint density at radius 1 is 1.07 bits per heavy atom. The van der Waals surface area contributed by atoms with Crippen LogP contribution in [0, 0.1) is 0 Å². The van der Waals surface area contributed by atoms with Crippen molar-refractivity contribution >= 4 is 16.0 Å². The van der Waals surface area contributed by atoms with Crippen molar-refractivity contribution in [3.63, 3.8) is 0 Å². The molecule has 0 amide bonds. The van der Waals surface area contributed by atoms with Gasteiger partial charge >= 0.3 is 0 Å². The number of nitrogens with one attached hydrogen (secondary N) is 1. The summed E-state index contributed by atoms with van der Waals surface area (Å²) in [7, 11) is 3.13. The van der Waals surface area contributed by atoms with Crippen molar-refractivity contribution in [1.82, 2.24) is 14.5 Å². The number of aliphatic imine (C=N–C) groups is 1. The number of sulfonamides is 1. The van der Waals surface area contributed by atoms with Crippen LogP contribution in [-0.2, 0) is 23.1 Å². The molecule has 158 valence electrons. The van der Waals surface area contributed by atoms with E-state index >= 15 is 0 Å². The number of methoxy groups -OCH3 is 1. The highest BCUT2D eigenvalue weighted by molar-refractivity contribution is 7.89. The third kappa shape index (κ3) is 5.95. The first-order valence-electron chi connectivity index (χ1n) is 9.42. The second-order valence-corrected chi connectivity index (χ2v) is 8.89. The van der Waals surface area contributed by atoms with Crippen LogP contribution in [-0.4, -0.2) is 58.4 Å². The molecule has 2 rings (SSSR count). The van der Waals surface area contributed by atoms with Crippen LogP contribution in [0.3, 0.4) is 0 Å². The minimum Gasteiger partial charge on any atom is -0.497 e. The molecule has 0 aromatic heterocycles. The predicted molar refractivity (Wildman–Crippen MR) is 117 cm³/mol. The van der Waals surface area contributed by atoms with E-state index < -0.39 is 10.0 Å². The first-order chi connectivity index (χ1) is 13.8. The zero-order valence-electron chi connectivity index (χ0n) is 17.7. The molecule has 1 N–H and O–H groups in total. The molecule has 2 aromatic rings. The average Bonchev–Trinajstić information content (AvgIpc) is 2.71. The van der Waals surface area contributed by atoms with Crippen molar-refractivity contribution in [1.29, 1.82) is 0 Å². The molecule has 0 saturated carbocycles. The SMILES string of the molecule is CCNC(=NCc1ccccc1S(=O)(=O)N(C)C)N(C)Cc1ccc(OC)cc1. The van der Waals surface area contributed by atoms with E-state index in [1.54, 1.807) is 25.3 Å². The van der Waals surface area contributed by atoms with Gasteiger partial charge < -0.3 is 15.0 Å². The van der Waals surface area contributed by atoms with Gasteiger partial charge in [0.25, 0.3) is 0 Å². The largest absolute Gasteiger partial charge is 0.497 e. The van der Waals surface area contributed by atoms with Gasteiger partial charge in [-0.3, -0.25) is 0 Å². The summed E-state index contributed by atoms with van der Waals surface area (Å²) < 4.78 is 31.6. The standard InChI is InChI=1S/C21H30N4O3S/c1-6-22-21(25(4)16-17-11-13-19(28-5)14-12-17)23-15-18-9-7-8-10-20(18)29(26,27)24(2)3/h7-14H,6,15-16H2,1-5H3,(H,22,23). The van der Waals surface area contributed by atoms with Crippen molar-refractivity contribution in [2.24, 2.45) is 4.99 Å². The predicted octanol–water partition coefficient (Wildman–Crippen LogP) is 2.54. The summed E-state index contributed by atoms with van der Waals surface area (Å²) in [6.45, 7) is 3.64. The Kier molecular flexibility index (Phi) is 8.04. The van der Waals surface area contributed by atoms with Gasteiger partial charge in [-0.1, -0.05) is 30.3 Å². The van der Waals surface area contributed by atoms with Crippen LogP contribution in [0.25, 0.3) is 0 Å². The first kappa shape index (κ1) is 22.7. The summed E-state index contributed by atoms with van der Waals surface area (Å²) in [6, 6.07) is 14.8. The maximum Gasteiger partial charge on any atom is 0.242 e. The van der Waals surface area contributed by atoms with E-state index in [-0.39, 0.29) is 11.4 Å². The lowest BCUT2D eigenvalue weighted by molar-refractivity contribution is 0.414. The van der Waals surface area contributed by atoms with Crippen LogP contribution in [0.1, 0.15) is 18.1 Å². The van der Waals surface area contributed by atoms with Crippen LogP contribution in [0.2, 0.25) is 0 Å². The lowest BCUT2D eigenvalue weighted by Gasteiger charge is -2.22. The van der Waals surface area contributed by atoms with E-state index in [1.807, 2.05) is 49.2 Å². The van der Waals surface area contributed by atoms with Crippen molar-refractivity contribution in [2.45, 2.75) is 24.9 Å². The minimum absolute atomic E-state index is 0.262. The Bertz CT molecular complexity index is 925. The van der Waals surface area contributed by atoms with Gasteiger partial charge in [-0.15, -0.1) is 0 Å². The Morgan fingerprint density at radius 3 is 2.31 bits per heavy atom. The van der Waals surface area contributed by atoms with Gasteiger partial charge in [-0.2, -0.15) is 0 Å². The van der Waals surface area contributed by atoms with Gasteiger partial charge in [0.1, 0.15) is 5.75 Å². The van der Waals surface area contributed by atoms with Crippen LogP contribution in [0.5, 0.6) is 5.75 Å². The highest BCUT2D eigenvalue weighted by atomic mass is 32.2. The Labute approximate surface area is 174 Å². The molecule has 0 unspecified atom stereocenters. The van der Waals surface area contributed by atoms with E-state index in [1.165, 1.54) is 18.4 Å². The molecular weight excluding hydrogens is 388 g/mol. The topological polar surface area (TPSA) is 74.2 Å². The highest BCUT2D eigenvalue weighted by Gasteiger charge is 2.20. The first-order valence-corrected chi connectivity index (χ1v) is 10.9. The maximum atomic E-state index is 12.6. The molecule has 0 heterocycles. The number of ether oxygens (including phenoxy) is 1. The van der Waals surface area contributed by atoms with Crippen LogP contribution in [0.15, 0.2) is 58.4 Å². The molecular formula is C21H30N4O3S. The molecule has 0 atom stereocenters. The van der Waals surface area contributed by atoms with Crippen molar-refractivity contribution in [2.75, 3.05) is 34.8 Å². The summed E-state index contributed by atoms with van der Waals surface area (Å²) in [5, 5.41) is 3.27. The number of nitrogens with zero attached hydrogens (tertiary/aromatic N) is 3. The summed E-state index contributed by atoms with van der Waals surface area (Å²) in [6.07, 6.45) is 0. The number of hydrogen-bond acceptors (Lipinski definition) is 4. The third-order valence-electron chi connectivity index (χ3n) is 4.41. The number of benzene rings is 2. The molecule has 0 aliphatic rings. The quantitative estimate of drug-likeness (QED) is 0.527. The van der Waals surface area contributed by atoms with Gasteiger partial charge in [-0.25, -0.2) is 17.7 Å². The second kappa shape index (κ2) is 10.3. The normalized spacial score (nSPS) is 12.1. The molecule has 29 heavy (non-hydrogen) atoms. The monoisotopic (exact) mass is 418 g/mol. The van der Waals surface area contributed by atoms with Crippen LogP contribution < -0.4 is 10.1 Å². The van der Waals surface area contributed by atoms with Crippen molar-refractivity contribution in [3.05, 3.63) is 59.7 Å². The summed E-state index contributed by atoms with van der Waals surface area (Å²) in [5.74, 6) is 1.52. The average molecular weight is 419 g/mol. The highest BCUT2D eigenvalue weighted by Crippen LogP contribution is 2.19. The molecule has 8 heteroatoms. The number of hydrogen-bond donors (Lipinski definition) is 1. The summed E-state index contributed by atoms with van der Waals surface area (Å²) >= 11 is 0. The van der Waals surface area contributed by atoms with Gasteiger partial charge in [0.05, 0.1) is 18.6 Å². The van der Waals surface area contributed by atoms with Gasteiger partial charge in [0.2, 0.25) is 10.0 Å². The van der Waals surface area contributed by atoms with Crippen LogP contribution in [0.4, 0.5) is 0 Å². The number of guanidine groups is 1. The lowest BCUT2D eigenvalue weighted by atomic mass is 10.2. The van der Waals surface area contributed by atoms with Crippen molar-refractivity contribution in [3.8, 4) is 5.75 Å². The van der Waals surface area contributed by atoms with E-state index in [4.69, 9.17) is 4.74 Å². The zero-order chi connectivity index (χ0) is 21.4. The van der Waals surface area contributed by atoms with E-state index in [9.17, 15) is 8.42 Å². The van der Waals surface area contributed by atoms with Gasteiger partial charge in [0, 0.05) is 34.2 Å². The summed E-state index contributed by atoms with van der Waals surface area (Å²) in [4.78, 5) is 6.96. The Morgan fingerprint density at radius 2 is 1.72 bits per heavy atom. The molecule has 7 nitrogen and oxygen atoms in total. The lowest BCUT2D eigenvalue weighted by Crippen LogP contribution is -2.38. The van der Waals surface area contributed by atoms with Gasteiger partial charge in [-0.05, 0) is 36.2 Å². The second-order valence-electron chi connectivity index (χ2n) is 6.77. The molecule has 0 bridgehead atoms. The molecule has 0 aliphatic heterocycles. The maximum absolute atomic E-state index is 12.6. The molecule has 0 spiro atoms. The van der Waals surface area contributed by atoms with E-state index in [2.05, 4.69) is 10.3 Å². The number of rotatable bonds is 8. The Hall–Kier alpha value is -2.58. The summed E-state index contributed by atoms with van der Waals surface area (Å²) in [5.41, 5.74) is 1.78. The smallest absolute Gasteiger partial charge is 0.242 e. The zero-order valence-corrected chi connectivity index (χ0v) is 18.5. The van der Waals surface area contributed by atoms with E-state index in [0.717, 1.165) is 11.3 Å². The fraction of sp³-hybridized carbons (Fsp3) is 0.381. The third-order valence-corrected chi connectivity index (χ3v) is 6.32. The molecule has 0 aliphatic carbocycles. The van der Waals surface area contributed by atoms with Crippen molar-refractivity contribution < 1.29 is 13.2 Å². The fourth-order valence-electron chi connectivity index (χ4n) is 2.79. The van der Waals surface area contributed by atoms with Crippen LogP contribution >= 0.6 is 0 Å². The molecule has 2 aromatic carbocycles. The fourth-order valence-corrected chi connectivity index (χ4v) is 3.90. The Balaban J connectivity index is 2.23. The molecule has 0 radical (unpaired) electrons. The van der Waals surface area contributed by atoms with Gasteiger partial charge in [0.15, 0.2) is 5.96 Å². The minimum atomic E-state index is -3.52. The molecule has 0 fully saturated rings.